The molecule has 1 atom stereocenters. The molecule has 2 aromatic carbocycles. The van der Waals surface area contributed by atoms with Crippen molar-refractivity contribution in [2.75, 3.05) is 29.2 Å². The Labute approximate surface area is 157 Å². The molecule has 0 fully saturated rings. The van der Waals surface area contributed by atoms with Crippen LogP contribution in [0.25, 0.3) is 0 Å². The van der Waals surface area contributed by atoms with Crippen molar-refractivity contribution in [1.82, 2.24) is 0 Å². The van der Waals surface area contributed by atoms with Gasteiger partial charge >= 0.3 is 0 Å². The van der Waals surface area contributed by atoms with Gasteiger partial charge < -0.3 is 20.3 Å². The molecule has 3 rings (SSSR count). The Morgan fingerprint density at radius 3 is 2.85 bits per heavy atom. The molecule has 0 saturated carbocycles. The smallest absolute Gasteiger partial charge is 0.246 e. The van der Waals surface area contributed by atoms with Crippen LogP contribution in [0.3, 0.4) is 0 Å². The minimum atomic E-state index is -0.243. The minimum absolute atomic E-state index is 0.0789. The topological polar surface area (TPSA) is 70.7 Å². The van der Waals surface area contributed by atoms with Gasteiger partial charge in [0.2, 0.25) is 11.8 Å². The molecule has 26 heavy (non-hydrogen) atoms. The number of fused-ring (bicyclic) bond motifs is 1. The largest absolute Gasteiger partial charge is 0.495 e. The zero-order valence-electron chi connectivity index (χ0n) is 14.6. The molecule has 0 aliphatic carbocycles. The van der Waals surface area contributed by atoms with Crippen LogP contribution in [-0.4, -0.2) is 31.5 Å². The zero-order chi connectivity index (χ0) is 18.7. The van der Waals surface area contributed by atoms with Gasteiger partial charge in [-0.1, -0.05) is 23.7 Å². The number of amides is 2. The van der Waals surface area contributed by atoms with E-state index in [-0.39, 0.29) is 30.8 Å². The van der Waals surface area contributed by atoms with Crippen molar-refractivity contribution in [3.8, 4) is 5.75 Å². The Hall–Kier alpha value is -2.73. The molecule has 0 bridgehead atoms. The van der Waals surface area contributed by atoms with Gasteiger partial charge in [-0.2, -0.15) is 0 Å². The first-order valence-electron chi connectivity index (χ1n) is 8.28. The predicted molar refractivity (Wildman–Crippen MR) is 103 cm³/mol. The molecule has 1 heterocycles. The highest BCUT2D eigenvalue weighted by molar-refractivity contribution is 6.32. The quantitative estimate of drug-likeness (QED) is 0.860. The van der Waals surface area contributed by atoms with Crippen molar-refractivity contribution in [2.45, 2.75) is 19.4 Å². The number of rotatable bonds is 4. The van der Waals surface area contributed by atoms with Gasteiger partial charge in [0.1, 0.15) is 5.75 Å². The van der Waals surface area contributed by atoms with E-state index in [9.17, 15) is 9.59 Å². The summed E-state index contributed by atoms with van der Waals surface area (Å²) in [6.07, 6.45) is 0.245. The van der Waals surface area contributed by atoms with Crippen LogP contribution in [-0.2, 0) is 9.59 Å². The molecule has 2 N–H and O–H groups in total. The standard InChI is InChI=1S/C19H20ClN3O3/c1-12-9-18(24)22-15-5-3-4-6-16(15)23(12)19(25)11-21-13-7-8-17(26-2)14(20)10-13/h3-8,10,12,21H,9,11H2,1-2H3,(H,22,24)/t12-/m0/s1. The van der Waals surface area contributed by atoms with Crippen molar-refractivity contribution < 1.29 is 14.3 Å². The number of carbonyl (C=O) groups is 2. The van der Waals surface area contributed by atoms with Crippen LogP contribution in [0, 0.1) is 0 Å². The normalized spacial score (nSPS) is 16.3. The summed E-state index contributed by atoms with van der Waals surface area (Å²) in [5.74, 6) is 0.340. The summed E-state index contributed by atoms with van der Waals surface area (Å²) in [6.45, 7) is 1.94. The molecule has 1 aliphatic heterocycles. The third kappa shape index (κ3) is 3.75. The second kappa shape index (κ2) is 7.66. The molecule has 6 nitrogen and oxygen atoms in total. The van der Waals surface area contributed by atoms with Crippen molar-refractivity contribution >= 4 is 40.5 Å². The molecule has 7 heteroatoms. The van der Waals surface area contributed by atoms with Crippen LogP contribution in [0.15, 0.2) is 42.5 Å². The Morgan fingerprint density at radius 2 is 2.12 bits per heavy atom. The fourth-order valence-corrected chi connectivity index (χ4v) is 3.26. The van der Waals surface area contributed by atoms with E-state index in [4.69, 9.17) is 16.3 Å². The number of ether oxygens (including phenoxy) is 1. The van der Waals surface area contributed by atoms with Gasteiger partial charge in [0.05, 0.1) is 30.1 Å². The highest BCUT2D eigenvalue weighted by Crippen LogP contribution is 2.31. The molecular weight excluding hydrogens is 354 g/mol. The number of para-hydroxylation sites is 2. The summed E-state index contributed by atoms with van der Waals surface area (Å²) >= 11 is 6.12. The number of nitrogens with zero attached hydrogens (tertiary/aromatic N) is 1. The number of carbonyl (C=O) groups excluding carboxylic acids is 2. The summed E-state index contributed by atoms with van der Waals surface area (Å²) in [5, 5.41) is 6.39. The number of nitrogens with one attached hydrogen (secondary N) is 2. The fourth-order valence-electron chi connectivity index (χ4n) is 3.01. The molecule has 136 valence electrons. The molecule has 0 radical (unpaired) electrons. The second-order valence-corrected chi connectivity index (χ2v) is 6.49. The average Bonchev–Trinajstić information content (AvgIpc) is 2.74. The minimum Gasteiger partial charge on any atom is -0.495 e. The van der Waals surface area contributed by atoms with Crippen LogP contribution in [0.2, 0.25) is 5.02 Å². The molecule has 0 spiro atoms. The molecule has 0 saturated heterocycles. The first-order valence-corrected chi connectivity index (χ1v) is 8.65. The molecule has 0 aromatic heterocycles. The number of hydrogen-bond acceptors (Lipinski definition) is 4. The third-order valence-corrected chi connectivity index (χ3v) is 4.52. The number of anilines is 3. The summed E-state index contributed by atoms with van der Waals surface area (Å²) in [6, 6.07) is 12.3. The van der Waals surface area contributed by atoms with Crippen LogP contribution in [0.5, 0.6) is 5.75 Å². The van der Waals surface area contributed by atoms with E-state index in [0.29, 0.717) is 27.8 Å². The van der Waals surface area contributed by atoms with Gasteiger partial charge in [-0.25, -0.2) is 0 Å². The highest BCUT2D eigenvalue weighted by Gasteiger charge is 2.29. The second-order valence-electron chi connectivity index (χ2n) is 6.09. The molecule has 2 aromatic rings. The van der Waals surface area contributed by atoms with E-state index in [1.165, 1.54) is 0 Å². The third-order valence-electron chi connectivity index (χ3n) is 4.22. The van der Waals surface area contributed by atoms with Crippen molar-refractivity contribution in [3.63, 3.8) is 0 Å². The van der Waals surface area contributed by atoms with Gasteiger partial charge in [0.15, 0.2) is 0 Å². The van der Waals surface area contributed by atoms with Crippen molar-refractivity contribution in [2.24, 2.45) is 0 Å². The molecular formula is C19H20ClN3O3. The van der Waals surface area contributed by atoms with Crippen LogP contribution < -0.4 is 20.3 Å². The number of benzene rings is 2. The van der Waals surface area contributed by atoms with Gasteiger partial charge in [-0.15, -0.1) is 0 Å². The summed E-state index contributed by atoms with van der Waals surface area (Å²) in [5.41, 5.74) is 2.06. The molecule has 2 amide bonds. The van der Waals surface area contributed by atoms with Gasteiger partial charge in [-0.3, -0.25) is 9.59 Å². The number of halogens is 1. The Kier molecular flexibility index (Phi) is 5.32. The first kappa shape index (κ1) is 18.1. The Balaban J connectivity index is 1.78. The molecule has 1 aliphatic rings. The van der Waals surface area contributed by atoms with Crippen molar-refractivity contribution in [1.29, 1.82) is 0 Å². The zero-order valence-corrected chi connectivity index (χ0v) is 15.3. The van der Waals surface area contributed by atoms with Gasteiger partial charge in [0.25, 0.3) is 0 Å². The Bertz CT molecular complexity index is 841. The predicted octanol–water partition coefficient (Wildman–Crippen LogP) is 3.52. The maximum atomic E-state index is 12.9. The monoisotopic (exact) mass is 373 g/mol. The fraction of sp³-hybridized carbons (Fsp3) is 0.263. The van der Waals surface area contributed by atoms with E-state index in [1.54, 1.807) is 36.3 Å². The maximum absolute atomic E-state index is 12.9. The summed E-state index contributed by atoms with van der Waals surface area (Å²) < 4.78 is 5.12. The summed E-state index contributed by atoms with van der Waals surface area (Å²) in [7, 11) is 1.55. The lowest BCUT2D eigenvalue weighted by Crippen LogP contribution is -2.42. The lowest BCUT2D eigenvalue weighted by atomic mass is 10.1. The number of hydrogen-bond donors (Lipinski definition) is 2. The van der Waals surface area contributed by atoms with E-state index in [1.807, 2.05) is 25.1 Å². The Morgan fingerprint density at radius 1 is 1.35 bits per heavy atom. The van der Waals surface area contributed by atoms with E-state index in [0.717, 1.165) is 0 Å². The lowest BCUT2D eigenvalue weighted by Gasteiger charge is -2.28. The van der Waals surface area contributed by atoms with Gasteiger partial charge in [-0.05, 0) is 37.3 Å². The number of methoxy groups -OCH3 is 1. The van der Waals surface area contributed by atoms with Crippen LogP contribution in [0.1, 0.15) is 13.3 Å². The SMILES string of the molecule is COc1ccc(NCC(=O)N2c3ccccc3NC(=O)C[C@@H]2C)cc1Cl. The van der Waals surface area contributed by atoms with E-state index >= 15 is 0 Å². The average molecular weight is 374 g/mol. The van der Waals surface area contributed by atoms with E-state index < -0.39 is 0 Å². The first-order chi connectivity index (χ1) is 12.5. The molecule has 0 unspecified atom stereocenters. The lowest BCUT2D eigenvalue weighted by molar-refractivity contribution is -0.118. The van der Waals surface area contributed by atoms with Crippen molar-refractivity contribution in [3.05, 3.63) is 47.5 Å². The van der Waals surface area contributed by atoms with E-state index in [2.05, 4.69) is 10.6 Å². The van der Waals surface area contributed by atoms with Crippen LogP contribution in [0.4, 0.5) is 17.1 Å². The van der Waals surface area contributed by atoms with Crippen LogP contribution >= 0.6 is 11.6 Å². The van der Waals surface area contributed by atoms with Gasteiger partial charge in [0, 0.05) is 18.2 Å². The summed E-state index contributed by atoms with van der Waals surface area (Å²) in [4.78, 5) is 26.5. The maximum Gasteiger partial charge on any atom is 0.246 e. The highest BCUT2D eigenvalue weighted by atomic mass is 35.5.